The summed E-state index contributed by atoms with van der Waals surface area (Å²) in [6.07, 6.45) is 15.4. The maximum atomic E-state index is 9.60. The highest BCUT2D eigenvalue weighted by Gasteiger charge is 1.99. The molecular weight excluding hydrogens is 246 g/mol. The van der Waals surface area contributed by atoms with Crippen LogP contribution in [0.15, 0.2) is 0 Å². The fourth-order valence-corrected chi connectivity index (χ4v) is 1.91. The highest BCUT2D eigenvalue weighted by atomic mass is 16.5. The van der Waals surface area contributed by atoms with E-state index < -0.39 is 0 Å². The first-order valence-electron chi connectivity index (χ1n) is 9.16. The molecule has 0 radical (unpaired) electrons. The van der Waals surface area contributed by atoms with Crippen LogP contribution in [0.2, 0.25) is 0 Å². The fraction of sp³-hybridized carbons (Fsp3) is 1.00. The van der Waals surface area contributed by atoms with Crippen LogP contribution >= 0.6 is 0 Å². The summed E-state index contributed by atoms with van der Waals surface area (Å²) in [5.41, 5.74) is 0. The van der Waals surface area contributed by atoms with Crippen molar-refractivity contribution in [1.29, 1.82) is 0 Å². The highest BCUT2D eigenvalue weighted by molar-refractivity contribution is 4.50. The lowest BCUT2D eigenvalue weighted by atomic mass is 10.1. The van der Waals surface area contributed by atoms with Crippen molar-refractivity contribution in [2.75, 3.05) is 13.1 Å². The van der Waals surface area contributed by atoms with E-state index >= 15 is 0 Å². The molecule has 2 nitrogen and oxygen atoms in total. The van der Waals surface area contributed by atoms with Gasteiger partial charge in [0.05, 0.1) is 0 Å². The smallest absolute Gasteiger partial charge is 0.0238 e. The molecule has 20 heavy (non-hydrogen) atoms. The third-order valence-corrected chi connectivity index (χ3v) is 3.54. The van der Waals surface area contributed by atoms with Crippen molar-refractivity contribution in [2.45, 2.75) is 105 Å². The number of hydroxylamine groups is 2. The minimum atomic E-state index is 0.859. The molecule has 0 saturated carbocycles. The molecule has 0 atom stereocenters. The SMILES string of the molecule is CCCC.CCCCCCCN(O)CCCCCCC. The van der Waals surface area contributed by atoms with Gasteiger partial charge in [0.2, 0.25) is 0 Å². The zero-order valence-electron chi connectivity index (χ0n) is 14.8. The molecule has 0 aliphatic rings. The van der Waals surface area contributed by atoms with Gasteiger partial charge < -0.3 is 5.21 Å². The van der Waals surface area contributed by atoms with Crippen molar-refractivity contribution in [2.24, 2.45) is 0 Å². The molecule has 124 valence electrons. The average molecular weight is 288 g/mol. The second kappa shape index (κ2) is 21.2. The van der Waals surface area contributed by atoms with E-state index in [1.807, 2.05) is 0 Å². The van der Waals surface area contributed by atoms with E-state index in [0.717, 1.165) is 25.9 Å². The molecule has 0 aromatic heterocycles. The Kier molecular flexibility index (Phi) is 23.6. The van der Waals surface area contributed by atoms with E-state index in [-0.39, 0.29) is 0 Å². The minimum absolute atomic E-state index is 0.859. The Bertz CT molecular complexity index is 134. The summed E-state index contributed by atoms with van der Waals surface area (Å²) in [6.45, 7) is 10.5. The molecule has 0 spiro atoms. The van der Waals surface area contributed by atoms with Crippen LogP contribution in [0.25, 0.3) is 0 Å². The van der Waals surface area contributed by atoms with Gasteiger partial charge in [-0.1, -0.05) is 91.9 Å². The van der Waals surface area contributed by atoms with Crippen molar-refractivity contribution < 1.29 is 5.21 Å². The second-order valence-electron chi connectivity index (χ2n) is 5.78. The molecule has 0 aromatic carbocycles. The predicted octanol–water partition coefficient (Wildman–Crippen LogP) is 6.42. The minimum Gasteiger partial charge on any atom is -0.314 e. The van der Waals surface area contributed by atoms with E-state index in [2.05, 4.69) is 27.7 Å². The van der Waals surface area contributed by atoms with Gasteiger partial charge in [0.1, 0.15) is 0 Å². The summed E-state index contributed by atoms with van der Waals surface area (Å²) in [4.78, 5) is 0. The molecule has 0 fully saturated rings. The zero-order chi connectivity index (χ0) is 15.5. The highest BCUT2D eigenvalue weighted by Crippen LogP contribution is 2.05. The molecule has 0 bridgehead atoms. The third kappa shape index (κ3) is 23.0. The Balaban J connectivity index is 0. The van der Waals surface area contributed by atoms with Gasteiger partial charge in [-0.2, -0.15) is 5.06 Å². The van der Waals surface area contributed by atoms with Gasteiger partial charge in [-0.05, 0) is 12.8 Å². The summed E-state index contributed by atoms with van der Waals surface area (Å²) in [5, 5.41) is 11.1. The first-order valence-corrected chi connectivity index (χ1v) is 9.16. The van der Waals surface area contributed by atoms with Crippen LogP contribution in [0.5, 0.6) is 0 Å². The summed E-state index contributed by atoms with van der Waals surface area (Å²) >= 11 is 0. The van der Waals surface area contributed by atoms with E-state index in [9.17, 15) is 5.21 Å². The van der Waals surface area contributed by atoms with Crippen LogP contribution in [-0.2, 0) is 0 Å². The van der Waals surface area contributed by atoms with Gasteiger partial charge in [-0.15, -0.1) is 0 Å². The monoisotopic (exact) mass is 287 g/mol. The standard InChI is InChI=1S/C14H31NO.C4H10/c1-3-5-7-9-11-13-15(16)14-12-10-8-6-4-2;1-3-4-2/h16H,3-14H2,1-2H3;3-4H2,1-2H3. The van der Waals surface area contributed by atoms with Crippen molar-refractivity contribution in [3.05, 3.63) is 0 Å². The quantitative estimate of drug-likeness (QED) is 0.312. The molecule has 0 unspecified atom stereocenters. The van der Waals surface area contributed by atoms with E-state index in [4.69, 9.17) is 0 Å². The number of unbranched alkanes of at least 4 members (excludes halogenated alkanes) is 9. The summed E-state index contributed by atoms with van der Waals surface area (Å²) in [7, 11) is 0. The molecule has 1 N–H and O–H groups in total. The van der Waals surface area contributed by atoms with Crippen LogP contribution in [0.4, 0.5) is 0 Å². The van der Waals surface area contributed by atoms with Crippen molar-refractivity contribution in [3.8, 4) is 0 Å². The van der Waals surface area contributed by atoms with Gasteiger partial charge in [-0.25, -0.2) is 0 Å². The van der Waals surface area contributed by atoms with Gasteiger partial charge in [0.15, 0.2) is 0 Å². The van der Waals surface area contributed by atoms with Crippen LogP contribution in [-0.4, -0.2) is 23.4 Å². The Morgan fingerprint density at radius 1 is 0.500 bits per heavy atom. The van der Waals surface area contributed by atoms with Gasteiger partial charge in [0, 0.05) is 13.1 Å². The summed E-state index contributed by atoms with van der Waals surface area (Å²) < 4.78 is 0. The van der Waals surface area contributed by atoms with Crippen molar-refractivity contribution in [1.82, 2.24) is 5.06 Å². The zero-order valence-corrected chi connectivity index (χ0v) is 14.8. The maximum Gasteiger partial charge on any atom is 0.0238 e. The second-order valence-corrected chi connectivity index (χ2v) is 5.78. The van der Waals surface area contributed by atoms with E-state index in [1.54, 1.807) is 0 Å². The normalized spacial score (nSPS) is 10.5. The molecule has 0 amide bonds. The molecule has 2 heteroatoms. The van der Waals surface area contributed by atoms with Crippen LogP contribution in [0.1, 0.15) is 105 Å². The molecule has 0 aromatic rings. The molecular formula is C18H41NO. The molecule has 0 aliphatic heterocycles. The molecule has 0 saturated heterocycles. The Labute approximate surface area is 128 Å². The van der Waals surface area contributed by atoms with Crippen molar-refractivity contribution in [3.63, 3.8) is 0 Å². The van der Waals surface area contributed by atoms with Crippen LogP contribution in [0, 0.1) is 0 Å². The van der Waals surface area contributed by atoms with Crippen LogP contribution in [0.3, 0.4) is 0 Å². The fourth-order valence-electron chi connectivity index (χ4n) is 1.91. The first-order chi connectivity index (χ1) is 9.72. The number of hydrogen-bond acceptors (Lipinski definition) is 2. The number of nitrogens with zero attached hydrogens (tertiary/aromatic N) is 1. The average Bonchev–Trinajstić information content (AvgIpc) is 2.47. The first kappa shape index (κ1) is 22.2. The van der Waals surface area contributed by atoms with Gasteiger partial charge >= 0.3 is 0 Å². The topological polar surface area (TPSA) is 23.5 Å². The Hall–Kier alpha value is -0.0800. The third-order valence-electron chi connectivity index (χ3n) is 3.54. The maximum absolute atomic E-state index is 9.60. The molecule has 0 heterocycles. The van der Waals surface area contributed by atoms with Gasteiger partial charge in [0.25, 0.3) is 0 Å². The lowest BCUT2D eigenvalue weighted by Gasteiger charge is -2.14. The predicted molar refractivity (Wildman–Crippen MR) is 91.5 cm³/mol. The summed E-state index contributed by atoms with van der Waals surface area (Å²) in [6, 6.07) is 0. The molecule has 0 aliphatic carbocycles. The largest absolute Gasteiger partial charge is 0.314 e. The van der Waals surface area contributed by atoms with E-state index in [1.165, 1.54) is 69.3 Å². The van der Waals surface area contributed by atoms with Crippen molar-refractivity contribution >= 4 is 0 Å². The Morgan fingerprint density at radius 3 is 1.15 bits per heavy atom. The lowest BCUT2D eigenvalue weighted by molar-refractivity contribution is -0.0925. The molecule has 0 rings (SSSR count). The summed E-state index contributed by atoms with van der Waals surface area (Å²) in [5.74, 6) is 0. The Morgan fingerprint density at radius 2 is 0.850 bits per heavy atom. The van der Waals surface area contributed by atoms with Crippen LogP contribution < -0.4 is 0 Å². The lowest BCUT2D eigenvalue weighted by Crippen LogP contribution is -2.21. The number of rotatable bonds is 13. The van der Waals surface area contributed by atoms with Gasteiger partial charge in [-0.3, -0.25) is 0 Å². The van der Waals surface area contributed by atoms with E-state index in [0.29, 0.717) is 0 Å². The number of hydrogen-bond donors (Lipinski definition) is 1.